The molecule has 0 spiro atoms. The molecule has 1 aromatic heterocycles. The summed E-state index contributed by atoms with van der Waals surface area (Å²) >= 11 is 1.82. The second-order valence-corrected chi connectivity index (χ2v) is 12.9. The Labute approximate surface area is 300 Å². The predicted molar refractivity (Wildman–Crippen MR) is 221 cm³/mol. The third-order valence-corrected chi connectivity index (χ3v) is 9.49. The number of aryl methyl sites for hydroxylation is 1. The van der Waals surface area contributed by atoms with Gasteiger partial charge in [0.25, 0.3) is 0 Å². The summed E-state index contributed by atoms with van der Waals surface area (Å²) in [5.41, 5.74) is 21.9. The highest BCUT2D eigenvalue weighted by molar-refractivity contribution is 7.26. The second kappa shape index (κ2) is 18.3. The van der Waals surface area contributed by atoms with Crippen molar-refractivity contribution in [2.45, 2.75) is 26.9 Å². The number of anilines is 2. The highest BCUT2D eigenvalue weighted by Gasteiger charge is 2.11. The average molecular weight is 672 g/mol. The van der Waals surface area contributed by atoms with Crippen LogP contribution in [0.15, 0.2) is 176 Å². The van der Waals surface area contributed by atoms with Crippen LogP contribution in [0, 0.1) is 6.92 Å². The van der Waals surface area contributed by atoms with Gasteiger partial charge in [0.05, 0.1) is 0 Å². The van der Waals surface area contributed by atoms with Gasteiger partial charge in [0.2, 0.25) is 0 Å². The van der Waals surface area contributed by atoms with E-state index in [4.69, 9.17) is 11.5 Å². The first-order chi connectivity index (χ1) is 24.5. The van der Waals surface area contributed by atoms with Crippen molar-refractivity contribution in [2.24, 2.45) is 11.5 Å². The smallest absolute Gasteiger partial charge is 0.0460 e. The Bertz CT molecular complexity index is 2180. The number of thiophene rings is 1. The highest BCUT2D eigenvalue weighted by atomic mass is 32.1. The number of hydrogen-bond acceptors (Lipinski definition) is 4. The Balaban J connectivity index is 0.000000266. The normalized spacial score (nSPS) is 11.3. The quantitative estimate of drug-likeness (QED) is 0.141. The molecule has 0 atom stereocenters. The standard InChI is InChI=1S/C32H28N2S.C7H9N.C7H8/c1-3-10-23(19-22(2)27-14-7-8-16-30(27)34-26-12-5-4-6-13-26)24-17-18-31-29(20-24)28-15-9-11-25(21-33)32(28)35-31;8-6-7-4-2-1-3-5-7;1-7-5-3-2-4-6-7/h3-20,34H,1,21,33H2,2H3;1-5H,6,8H2;2-6H,1H3/b22-19+,23-10+;;. The Morgan fingerprint density at radius 3 is 1.98 bits per heavy atom. The van der Waals surface area contributed by atoms with Crippen molar-refractivity contribution in [1.29, 1.82) is 0 Å². The molecule has 7 rings (SSSR count). The monoisotopic (exact) mass is 671 g/mol. The zero-order chi connectivity index (χ0) is 35.1. The van der Waals surface area contributed by atoms with Crippen LogP contribution in [-0.4, -0.2) is 0 Å². The van der Waals surface area contributed by atoms with Crippen LogP contribution in [0.25, 0.3) is 31.3 Å². The molecule has 0 saturated carbocycles. The van der Waals surface area contributed by atoms with E-state index >= 15 is 0 Å². The number of nitrogens with two attached hydrogens (primary N) is 2. The van der Waals surface area contributed by atoms with Gasteiger partial charge in [-0.05, 0) is 72.0 Å². The molecule has 0 bridgehead atoms. The van der Waals surface area contributed by atoms with Crippen LogP contribution in [-0.2, 0) is 13.1 Å². The molecule has 0 amide bonds. The SMILES string of the molecule is C=C/C=C(\C=C(/C)c1ccccc1Nc1ccccc1)c1ccc2sc3c(CN)cccc3c2c1.Cc1ccccc1.NCc1ccccc1. The lowest BCUT2D eigenvalue weighted by atomic mass is 9.97. The van der Waals surface area contributed by atoms with E-state index in [1.165, 1.54) is 53.6 Å². The van der Waals surface area contributed by atoms with Crippen LogP contribution in [0.2, 0.25) is 0 Å². The van der Waals surface area contributed by atoms with E-state index in [1.807, 2.05) is 84.1 Å². The summed E-state index contributed by atoms with van der Waals surface area (Å²) in [5.74, 6) is 0. The molecule has 3 nitrogen and oxygen atoms in total. The third kappa shape index (κ3) is 9.55. The first kappa shape index (κ1) is 35.8. The molecule has 250 valence electrons. The van der Waals surface area contributed by atoms with Crippen molar-refractivity contribution in [3.63, 3.8) is 0 Å². The number of rotatable bonds is 8. The van der Waals surface area contributed by atoms with Crippen LogP contribution in [0.5, 0.6) is 0 Å². The molecule has 1 heterocycles. The van der Waals surface area contributed by atoms with E-state index in [-0.39, 0.29) is 0 Å². The van der Waals surface area contributed by atoms with Crippen LogP contribution in [0.1, 0.15) is 34.7 Å². The van der Waals surface area contributed by atoms with Gasteiger partial charge in [-0.1, -0.05) is 152 Å². The van der Waals surface area contributed by atoms with Crippen LogP contribution < -0.4 is 16.8 Å². The van der Waals surface area contributed by atoms with Crippen molar-refractivity contribution in [2.75, 3.05) is 5.32 Å². The molecule has 0 fully saturated rings. The van der Waals surface area contributed by atoms with Gasteiger partial charge in [-0.3, -0.25) is 0 Å². The van der Waals surface area contributed by atoms with E-state index in [0.717, 1.165) is 16.9 Å². The maximum Gasteiger partial charge on any atom is 0.0460 e. The molecule has 6 aromatic carbocycles. The predicted octanol–water partition coefficient (Wildman–Crippen LogP) is 12.1. The third-order valence-electron chi connectivity index (χ3n) is 8.22. The molecule has 0 aliphatic rings. The van der Waals surface area contributed by atoms with Gasteiger partial charge < -0.3 is 16.8 Å². The molecule has 0 unspecified atom stereocenters. The Morgan fingerprint density at radius 2 is 1.36 bits per heavy atom. The molecule has 0 radical (unpaired) electrons. The fourth-order valence-electron chi connectivity index (χ4n) is 5.62. The molecule has 4 heteroatoms. The van der Waals surface area contributed by atoms with Gasteiger partial charge in [0, 0.05) is 50.2 Å². The average Bonchev–Trinajstić information content (AvgIpc) is 3.55. The minimum absolute atomic E-state index is 0.553. The van der Waals surface area contributed by atoms with Crippen molar-refractivity contribution < 1.29 is 0 Å². The minimum atomic E-state index is 0.553. The van der Waals surface area contributed by atoms with Crippen LogP contribution in [0.4, 0.5) is 11.4 Å². The molecule has 0 saturated heterocycles. The molecular weight excluding hydrogens is 627 g/mol. The van der Waals surface area contributed by atoms with Gasteiger partial charge in [-0.2, -0.15) is 0 Å². The van der Waals surface area contributed by atoms with Crippen molar-refractivity contribution in [3.8, 4) is 0 Å². The molecule has 0 aliphatic heterocycles. The summed E-state index contributed by atoms with van der Waals surface area (Å²) in [7, 11) is 0. The zero-order valence-electron chi connectivity index (χ0n) is 28.9. The first-order valence-electron chi connectivity index (χ1n) is 16.8. The minimum Gasteiger partial charge on any atom is -0.355 e. The van der Waals surface area contributed by atoms with Gasteiger partial charge in [0.15, 0.2) is 0 Å². The fraction of sp³-hybridized carbons (Fsp3) is 0.0870. The van der Waals surface area contributed by atoms with Crippen LogP contribution >= 0.6 is 11.3 Å². The van der Waals surface area contributed by atoms with E-state index in [9.17, 15) is 0 Å². The summed E-state index contributed by atoms with van der Waals surface area (Å²) in [6, 6.07) is 52.1. The lowest BCUT2D eigenvalue weighted by Gasteiger charge is -2.13. The second-order valence-electron chi connectivity index (χ2n) is 11.9. The van der Waals surface area contributed by atoms with E-state index in [0.29, 0.717) is 13.1 Å². The van der Waals surface area contributed by atoms with Crippen molar-refractivity contribution >= 4 is 54.0 Å². The molecular formula is C46H45N3S. The number of fused-ring (bicyclic) bond motifs is 3. The number of nitrogens with one attached hydrogen (secondary N) is 1. The molecule has 50 heavy (non-hydrogen) atoms. The van der Waals surface area contributed by atoms with E-state index < -0.39 is 0 Å². The van der Waals surface area contributed by atoms with Gasteiger partial charge >= 0.3 is 0 Å². The fourth-order valence-corrected chi connectivity index (χ4v) is 6.83. The molecule has 5 N–H and O–H groups in total. The van der Waals surface area contributed by atoms with Crippen molar-refractivity contribution in [1.82, 2.24) is 0 Å². The Hall–Kier alpha value is -5.52. The lowest BCUT2D eigenvalue weighted by molar-refractivity contribution is 1.07. The number of para-hydroxylation sites is 2. The molecule has 7 aromatic rings. The summed E-state index contributed by atoms with van der Waals surface area (Å²) in [5, 5.41) is 6.10. The number of allylic oxidation sites excluding steroid dienone is 5. The summed E-state index contributed by atoms with van der Waals surface area (Å²) in [4.78, 5) is 0. The van der Waals surface area contributed by atoms with Gasteiger partial charge in [-0.15, -0.1) is 11.3 Å². The summed E-state index contributed by atoms with van der Waals surface area (Å²) < 4.78 is 2.56. The van der Waals surface area contributed by atoms with Crippen LogP contribution in [0.3, 0.4) is 0 Å². The van der Waals surface area contributed by atoms with Gasteiger partial charge in [-0.25, -0.2) is 0 Å². The number of hydrogen-bond donors (Lipinski definition) is 3. The lowest BCUT2D eigenvalue weighted by Crippen LogP contribution is -1.95. The maximum absolute atomic E-state index is 6.00. The van der Waals surface area contributed by atoms with E-state index in [2.05, 4.69) is 123 Å². The van der Waals surface area contributed by atoms with Crippen molar-refractivity contribution in [3.05, 3.63) is 204 Å². The molecule has 0 aliphatic carbocycles. The summed E-state index contributed by atoms with van der Waals surface area (Å²) in [6.45, 7) is 9.41. The largest absolute Gasteiger partial charge is 0.355 e. The van der Waals surface area contributed by atoms with Gasteiger partial charge in [0.1, 0.15) is 0 Å². The van der Waals surface area contributed by atoms with E-state index in [1.54, 1.807) is 0 Å². The zero-order valence-corrected chi connectivity index (χ0v) is 29.7. The summed E-state index contributed by atoms with van der Waals surface area (Å²) in [6.07, 6.45) is 6.18. The Kier molecular flexibility index (Phi) is 13.1. The first-order valence-corrected chi connectivity index (χ1v) is 17.6. The maximum atomic E-state index is 6.00. The topological polar surface area (TPSA) is 64.1 Å². The number of benzene rings is 6. The highest BCUT2D eigenvalue weighted by Crippen LogP contribution is 2.38. The Morgan fingerprint density at radius 1 is 0.700 bits per heavy atom.